The van der Waals surface area contributed by atoms with Crippen LogP contribution in [0.4, 0.5) is 0 Å². The monoisotopic (exact) mass is 305 g/mol. The zero-order valence-electron chi connectivity index (χ0n) is 13.1. The lowest BCUT2D eigenvalue weighted by molar-refractivity contribution is -0.550. The molecule has 5 nitrogen and oxygen atoms in total. The SMILES string of the molecule is C=C[C@H]1C[C@@H](c2ccc(OC)cc2)O[C@H](CCC)[C@H]1[N+](=O)[O-]. The zero-order valence-corrected chi connectivity index (χ0v) is 13.1. The second-order valence-corrected chi connectivity index (χ2v) is 5.64. The predicted molar refractivity (Wildman–Crippen MR) is 84.6 cm³/mol. The van der Waals surface area contributed by atoms with Crippen molar-refractivity contribution in [3.8, 4) is 5.75 Å². The molecule has 0 aliphatic carbocycles. The third-order valence-corrected chi connectivity index (χ3v) is 4.25. The Labute approximate surface area is 131 Å². The number of hydrogen-bond donors (Lipinski definition) is 0. The molecule has 1 heterocycles. The molecule has 5 heteroatoms. The fourth-order valence-electron chi connectivity index (χ4n) is 3.09. The van der Waals surface area contributed by atoms with Crippen LogP contribution < -0.4 is 4.74 Å². The molecular weight excluding hydrogens is 282 g/mol. The lowest BCUT2D eigenvalue weighted by Crippen LogP contribution is -2.46. The predicted octanol–water partition coefficient (Wildman–Crippen LogP) is 3.77. The van der Waals surface area contributed by atoms with Crippen LogP contribution in [0.25, 0.3) is 0 Å². The van der Waals surface area contributed by atoms with Crippen LogP contribution in [0.2, 0.25) is 0 Å². The van der Waals surface area contributed by atoms with Gasteiger partial charge in [0.15, 0.2) is 0 Å². The summed E-state index contributed by atoms with van der Waals surface area (Å²) in [5, 5.41) is 11.4. The first-order chi connectivity index (χ1) is 10.6. The number of nitro groups is 1. The van der Waals surface area contributed by atoms with Gasteiger partial charge in [0.2, 0.25) is 6.04 Å². The van der Waals surface area contributed by atoms with E-state index in [9.17, 15) is 10.1 Å². The van der Waals surface area contributed by atoms with E-state index in [2.05, 4.69) is 6.58 Å². The second kappa shape index (κ2) is 7.40. The third kappa shape index (κ3) is 3.47. The van der Waals surface area contributed by atoms with E-state index in [1.807, 2.05) is 31.2 Å². The quantitative estimate of drug-likeness (QED) is 0.456. The molecular formula is C17H23NO4. The Morgan fingerprint density at radius 1 is 1.45 bits per heavy atom. The molecule has 0 unspecified atom stereocenters. The Balaban J connectivity index is 2.23. The van der Waals surface area contributed by atoms with Gasteiger partial charge in [0.1, 0.15) is 11.9 Å². The third-order valence-electron chi connectivity index (χ3n) is 4.25. The van der Waals surface area contributed by atoms with Crippen LogP contribution in [-0.2, 0) is 4.74 Å². The molecule has 1 fully saturated rings. The van der Waals surface area contributed by atoms with Gasteiger partial charge in [0.05, 0.1) is 13.2 Å². The smallest absolute Gasteiger partial charge is 0.245 e. The molecule has 120 valence electrons. The van der Waals surface area contributed by atoms with Gasteiger partial charge in [-0.25, -0.2) is 0 Å². The summed E-state index contributed by atoms with van der Waals surface area (Å²) in [7, 11) is 1.62. The van der Waals surface area contributed by atoms with Crippen LogP contribution in [0.15, 0.2) is 36.9 Å². The number of hydrogen-bond acceptors (Lipinski definition) is 4. The van der Waals surface area contributed by atoms with Crippen molar-refractivity contribution < 1.29 is 14.4 Å². The summed E-state index contributed by atoms with van der Waals surface area (Å²) in [6.45, 7) is 5.80. The molecule has 0 saturated carbocycles. The van der Waals surface area contributed by atoms with Crippen molar-refractivity contribution in [1.29, 1.82) is 0 Å². The van der Waals surface area contributed by atoms with Gasteiger partial charge in [-0.1, -0.05) is 31.6 Å². The fourth-order valence-corrected chi connectivity index (χ4v) is 3.09. The van der Waals surface area contributed by atoms with E-state index in [1.54, 1.807) is 13.2 Å². The molecule has 1 saturated heterocycles. The van der Waals surface area contributed by atoms with Crippen LogP contribution >= 0.6 is 0 Å². The van der Waals surface area contributed by atoms with E-state index in [-0.39, 0.29) is 23.0 Å². The molecule has 4 atom stereocenters. The highest BCUT2D eigenvalue weighted by molar-refractivity contribution is 5.29. The van der Waals surface area contributed by atoms with Gasteiger partial charge in [0, 0.05) is 10.8 Å². The second-order valence-electron chi connectivity index (χ2n) is 5.64. The van der Waals surface area contributed by atoms with Crippen molar-refractivity contribution in [2.75, 3.05) is 7.11 Å². The minimum absolute atomic E-state index is 0.137. The summed E-state index contributed by atoms with van der Waals surface area (Å²) in [4.78, 5) is 11.2. The van der Waals surface area contributed by atoms with Crippen LogP contribution in [-0.4, -0.2) is 24.2 Å². The summed E-state index contributed by atoms with van der Waals surface area (Å²) in [6.07, 6.45) is 3.32. The number of methoxy groups -OCH3 is 1. The maximum absolute atomic E-state index is 11.4. The maximum Gasteiger partial charge on any atom is 0.245 e. The van der Waals surface area contributed by atoms with Gasteiger partial charge in [-0.05, 0) is 30.5 Å². The van der Waals surface area contributed by atoms with Gasteiger partial charge in [-0.15, -0.1) is 6.58 Å². The molecule has 1 aromatic carbocycles. The van der Waals surface area contributed by atoms with Crippen molar-refractivity contribution in [2.45, 2.75) is 44.4 Å². The van der Waals surface area contributed by atoms with Gasteiger partial charge < -0.3 is 9.47 Å². The highest BCUT2D eigenvalue weighted by atomic mass is 16.6. The van der Waals surface area contributed by atoms with E-state index >= 15 is 0 Å². The van der Waals surface area contributed by atoms with Crippen molar-refractivity contribution in [3.63, 3.8) is 0 Å². The largest absolute Gasteiger partial charge is 0.497 e. The molecule has 0 bridgehead atoms. The molecule has 1 aromatic rings. The minimum atomic E-state index is -0.702. The summed E-state index contributed by atoms with van der Waals surface area (Å²) in [6, 6.07) is 6.98. The van der Waals surface area contributed by atoms with E-state index in [1.165, 1.54) is 0 Å². The van der Waals surface area contributed by atoms with Gasteiger partial charge >= 0.3 is 0 Å². The van der Waals surface area contributed by atoms with E-state index in [0.717, 1.165) is 17.7 Å². The molecule has 1 aliphatic rings. The van der Waals surface area contributed by atoms with E-state index in [4.69, 9.17) is 9.47 Å². The minimum Gasteiger partial charge on any atom is -0.497 e. The standard InChI is InChI=1S/C17H23NO4/c1-4-6-15-17(18(19)20)12(5-2)11-16(22-15)13-7-9-14(21-3)10-8-13/h5,7-10,12,15-17H,2,4,6,11H2,1,3H3/t12-,15+,16-,17-/m0/s1. The molecule has 2 rings (SSSR count). The molecule has 0 radical (unpaired) electrons. The lowest BCUT2D eigenvalue weighted by atomic mass is 9.83. The Morgan fingerprint density at radius 3 is 2.64 bits per heavy atom. The molecule has 0 aromatic heterocycles. The van der Waals surface area contributed by atoms with E-state index in [0.29, 0.717) is 12.8 Å². The molecule has 0 N–H and O–H groups in total. The zero-order chi connectivity index (χ0) is 16.1. The van der Waals surface area contributed by atoms with Crippen LogP contribution in [0.3, 0.4) is 0 Å². The fraction of sp³-hybridized carbons (Fsp3) is 0.529. The average molecular weight is 305 g/mol. The first kappa shape index (κ1) is 16.5. The van der Waals surface area contributed by atoms with Gasteiger partial charge in [-0.2, -0.15) is 0 Å². The lowest BCUT2D eigenvalue weighted by Gasteiger charge is -2.36. The van der Waals surface area contributed by atoms with Gasteiger partial charge in [-0.3, -0.25) is 10.1 Å². The summed E-state index contributed by atoms with van der Waals surface area (Å²) in [5.41, 5.74) is 1.02. The Bertz CT molecular complexity index is 514. The highest BCUT2D eigenvalue weighted by Gasteiger charge is 2.44. The normalized spacial score (nSPS) is 28.1. The molecule has 22 heavy (non-hydrogen) atoms. The van der Waals surface area contributed by atoms with Crippen molar-refractivity contribution in [3.05, 3.63) is 52.6 Å². The Kier molecular flexibility index (Phi) is 5.55. The first-order valence-electron chi connectivity index (χ1n) is 7.66. The molecule has 1 aliphatic heterocycles. The van der Waals surface area contributed by atoms with Gasteiger partial charge in [0.25, 0.3) is 0 Å². The number of ether oxygens (including phenoxy) is 2. The number of nitrogens with zero attached hydrogens (tertiary/aromatic N) is 1. The number of rotatable bonds is 6. The van der Waals surface area contributed by atoms with Crippen molar-refractivity contribution in [2.24, 2.45) is 5.92 Å². The highest BCUT2D eigenvalue weighted by Crippen LogP contribution is 2.38. The Hall–Kier alpha value is -1.88. The van der Waals surface area contributed by atoms with Crippen LogP contribution in [0.1, 0.15) is 37.9 Å². The Morgan fingerprint density at radius 2 is 2.14 bits per heavy atom. The van der Waals surface area contributed by atoms with Crippen molar-refractivity contribution >= 4 is 0 Å². The molecule has 0 amide bonds. The van der Waals surface area contributed by atoms with Crippen LogP contribution in [0, 0.1) is 16.0 Å². The summed E-state index contributed by atoms with van der Waals surface area (Å²) in [5.74, 6) is 0.612. The number of benzene rings is 1. The summed E-state index contributed by atoms with van der Waals surface area (Å²) >= 11 is 0. The maximum atomic E-state index is 11.4. The van der Waals surface area contributed by atoms with Crippen LogP contribution in [0.5, 0.6) is 5.75 Å². The topological polar surface area (TPSA) is 61.6 Å². The average Bonchev–Trinajstić information content (AvgIpc) is 2.54. The van der Waals surface area contributed by atoms with E-state index < -0.39 is 6.04 Å². The van der Waals surface area contributed by atoms with Crippen molar-refractivity contribution in [1.82, 2.24) is 0 Å². The summed E-state index contributed by atoms with van der Waals surface area (Å²) < 4.78 is 11.2. The molecule has 0 spiro atoms. The first-order valence-corrected chi connectivity index (χ1v) is 7.66.